The smallest absolute Gasteiger partial charge is 0.243 e. The second kappa shape index (κ2) is 5.19. The third-order valence-electron chi connectivity index (χ3n) is 1.26. The predicted octanol–water partition coefficient (Wildman–Crippen LogP) is 0.994. The van der Waals surface area contributed by atoms with Gasteiger partial charge in [-0.25, -0.2) is 5.48 Å². The van der Waals surface area contributed by atoms with Crippen molar-refractivity contribution in [3.63, 3.8) is 0 Å². The van der Waals surface area contributed by atoms with Crippen LogP contribution >= 0.6 is 0 Å². The van der Waals surface area contributed by atoms with Crippen LogP contribution in [0.2, 0.25) is 0 Å². The summed E-state index contributed by atoms with van der Waals surface area (Å²) in [4.78, 5) is 16.1. The number of hydroxylamine groups is 1. The van der Waals surface area contributed by atoms with Gasteiger partial charge in [-0.05, 0) is 34.1 Å². The van der Waals surface area contributed by atoms with Crippen LogP contribution < -0.4 is 5.48 Å². The van der Waals surface area contributed by atoms with E-state index in [0.29, 0.717) is 6.42 Å². The lowest BCUT2D eigenvalue weighted by Gasteiger charge is -2.18. The van der Waals surface area contributed by atoms with Crippen molar-refractivity contribution in [1.29, 1.82) is 0 Å². The minimum atomic E-state index is -0.444. The monoisotopic (exact) mass is 189 g/mol. The number of nitrogens with one attached hydrogen (secondary N) is 1. The van der Waals surface area contributed by atoms with Gasteiger partial charge in [0.2, 0.25) is 5.91 Å². The Kier molecular flexibility index (Phi) is 4.95. The van der Waals surface area contributed by atoms with Crippen molar-refractivity contribution >= 4 is 5.91 Å². The number of carbonyl (C=O) groups is 1. The maximum Gasteiger partial charge on any atom is 0.243 e. The SMILES string of the molecule is CC(O)CCC(=O)NOC(C)(C)C. The molecule has 1 unspecified atom stereocenters. The van der Waals surface area contributed by atoms with Gasteiger partial charge >= 0.3 is 0 Å². The summed E-state index contributed by atoms with van der Waals surface area (Å²) in [5.74, 6) is -0.198. The average Bonchev–Trinajstić information content (AvgIpc) is 1.95. The largest absolute Gasteiger partial charge is 0.393 e. The van der Waals surface area contributed by atoms with Crippen LogP contribution in [0.4, 0.5) is 0 Å². The minimum absolute atomic E-state index is 0.198. The Morgan fingerprint density at radius 3 is 2.46 bits per heavy atom. The van der Waals surface area contributed by atoms with Crippen molar-refractivity contribution in [3.8, 4) is 0 Å². The molecular weight excluding hydrogens is 170 g/mol. The molecular formula is C9H19NO3. The van der Waals surface area contributed by atoms with Gasteiger partial charge in [-0.15, -0.1) is 0 Å². The molecule has 0 saturated heterocycles. The summed E-state index contributed by atoms with van der Waals surface area (Å²) >= 11 is 0. The molecule has 1 amide bonds. The van der Waals surface area contributed by atoms with Crippen LogP contribution in [0.15, 0.2) is 0 Å². The van der Waals surface area contributed by atoms with E-state index in [2.05, 4.69) is 5.48 Å². The number of aliphatic hydroxyl groups excluding tert-OH is 1. The molecule has 13 heavy (non-hydrogen) atoms. The van der Waals surface area contributed by atoms with Gasteiger partial charge in [0, 0.05) is 6.42 Å². The summed E-state index contributed by atoms with van der Waals surface area (Å²) in [5.41, 5.74) is 1.95. The highest BCUT2D eigenvalue weighted by molar-refractivity contribution is 5.74. The van der Waals surface area contributed by atoms with Crippen LogP contribution in [0.1, 0.15) is 40.5 Å². The molecule has 0 aliphatic heterocycles. The van der Waals surface area contributed by atoms with E-state index in [9.17, 15) is 4.79 Å². The van der Waals surface area contributed by atoms with E-state index in [1.807, 2.05) is 20.8 Å². The molecule has 0 aliphatic carbocycles. The molecule has 0 spiro atoms. The summed E-state index contributed by atoms with van der Waals surface area (Å²) < 4.78 is 0. The normalized spacial score (nSPS) is 13.9. The zero-order chi connectivity index (χ0) is 10.5. The van der Waals surface area contributed by atoms with Gasteiger partial charge in [-0.1, -0.05) is 0 Å². The molecule has 0 rings (SSSR count). The maximum absolute atomic E-state index is 11.0. The Labute approximate surface area is 79.2 Å². The van der Waals surface area contributed by atoms with Crippen molar-refractivity contribution in [2.75, 3.05) is 0 Å². The van der Waals surface area contributed by atoms with E-state index >= 15 is 0 Å². The molecule has 0 radical (unpaired) electrons. The Bertz CT molecular complexity index is 161. The fourth-order valence-electron chi connectivity index (χ4n) is 0.601. The van der Waals surface area contributed by atoms with Crippen LogP contribution in [0.25, 0.3) is 0 Å². The Balaban J connectivity index is 3.53. The van der Waals surface area contributed by atoms with Gasteiger partial charge in [-0.2, -0.15) is 0 Å². The first-order chi connectivity index (χ1) is 5.81. The Morgan fingerprint density at radius 1 is 1.54 bits per heavy atom. The molecule has 0 aromatic carbocycles. The van der Waals surface area contributed by atoms with Crippen LogP contribution in [0.3, 0.4) is 0 Å². The molecule has 2 N–H and O–H groups in total. The quantitative estimate of drug-likeness (QED) is 0.648. The second-order valence-electron chi connectivity index (χ2n) is 4.13. The average molecular weight is 189 g/mol. The number of amides is 1. The van der Waals surface area contributed by atoms with E-state index < -0.39 is 6.10 Å². The van der Waals surface area contributed by atoms with Gasteiger partial charge in [0.05, 0.1) is 11.7 Å². The maximum atomic E-state index is 11.0. The van der Waals surface area contributed by atoms with Crippen LogP contribution in [0.5, 0.6) is 0 Å². The lowest BCUT2D eigenvalue weighted by atomic mass is 10.2. The van der Waals surface area contributed by atoms with E-state index in [4.69, 9.17) is 9.94 Å². The van der Waals surface area contributed by atoms with E-state index in [0.717, 1.165) is 0 Å². The van der Waals surface area contributed by atoms with E-state index in [-0.39, 0.29) is 17.9 Å². The third-order valence-corrected chi connectivity index (χ3v) is 1.26. The first kappa shape index (κ1) is 12.4. The number of carbonyl (C=O) groups excluding carboxylic acids is 1. The molecule has 0 bridgehead atoms. The fraction of sp³-hybridized carbons (Fsp3) is 0.889. The zero-order valence-electron chi connectivity index (χ0n) is 8.76. The molecule has 0 aliphatic rings. The lowest BCUT2D eigenvalue weighted by Crippen LogP contribution is -2.33. The van der Waals surface area contributed by atoms with Crippen molar-refractivity contribution in [2.24, 2.45) is 0 Å². The molecule has 0 aromatic rings. The molecule has 1 atom stereocenters. The highest BCUT2D eigenvalue weighted by atomic mass is 16.7. The highest BCUT2D eigenvalue weighted by Gasteiger charge is 2.12. The summed E-state index contributed by atoms with van der Waals surface area (Å²) in [6, 6.07) is 0. The third kappa shape index (κ3) is 9.30. The molecule has 0 saturated carbocycles. The van der Waals surface area contributed by atoms with Crippen molar-refractivity contribution in [1.82, 2.24) is 5.48 Å². The molecule has 4 heteroatoms. The standard InChI is InChI=1S/C9H19NO3/c1-7(11)5-6-8(12)10-13-9(2,3)4/h7,11H,5-6H2,1-4H3,(H,10,12). The molecule has 0 fully saturated rings. The number of rotatable bonds is 4. The van der Waals surface area contributed by atoms with Gasteiger partial charge in [0.15, 0.2) is 0 Å². The summed E-state index contributed by atoms with van der Waals surface area (Å²) in [6.45, 7) is 7.20. The van der Waals surface area contributed by atoms with Gasteiger partial charge in [-0.3, -0.25) is 9.63 Å². The lowest BCUT2D eigenvalue weighted by molar-refractivity contribution is -0.146. The molecule has 0 aromatic heterocycles. The number of hydrogen-bond donors (Lipinski definition) is 2. The molecule has 4 nitrogen and oxygen atoms in total. The number of hydrogen-bond acceptors (Lipinski definition) is 3. The topological polar surface area (TPSA) is 58.6 Å². The van der Waals surface area contributed by atoms with E-state index in [1.165, 1.54) is 0 Å². The first-order valence-electron chi connectivity index (χ1n) is 4.46. The summed E-state index contributed by atoms with van der Waals surface area (Å²) in [5, 5.41) is 8.91. The van der Waals surface area contributed by atoms with Crippen LogP contribution in [0, 0.1) is 0 Å². The first-order valence-corrected chi connectivity index (χ1v) is 4.46. The van der Waals surface area contributed by atoms with Gasteiger partial charge < -0.3 is 5.11 Å². The van der Waals surface area contributed by atoms with Crippen molar-refractivity contribution < 1.29 is 14.7 Å². The van der Waals surface area contributed by atoms with E-state index in [1.54, 1.807) is 6.92 Å². The van der Waals surface area contributed by atoms with Crippen LogP contribution in [-0.4, -0.2) is 22.7 Å². The van der Waals surface area contributed by atoms with Crippen LogP contribution in [-0.2, 0) is 9.63 Å². The highest BCUT2D eigenvalue weighted by Crippen LogP contribution is 2.04. The minimum Gasteiger partial charge on any atom is -0.393 e. The Hall–Kier alpha value is -0.610. The van der Waals surface area contributed by atoms with Gasteiger partial charge in [0.1, 0.15) is 0 Å². The fourth-order valence-corrected chi connectivity index (χ4v) is 0.601. The Morgan fingerprint density at radius 2 is 2.08 bits per heavy atom. The molecule has 78 valence electrons. The summed E-state index contributed by atoms with van der Waals surface area (Å²) in [6.07, 6.45) is 0.299. The summed E-state index contributed by atoms with van der Waals surface area (Å²) in [7, 11) is 0. The number of aliphatic hydroxyl groups is 1. The van der Waals surface area contributed by atoms with Gasteiger partial charge in [0.25, 0.3) is 0 Å². The zero-order valence-corrected chi connectivity index (χ0v) is 8.76. The predicted molar refractivity (Wildman–Crippen MR) is 49.9 cm³/mol. The molecule has 0 heterocycles. The van der Waals surface area contributed by atoms with Crippen molar-refractivity contribution in [2.45, 2.75) is 52.2 Å². The van der Waals surface area contributed by atoms with Crippen molar-refractivity contribution in [3.05, 3.63) is 0 Å². The second-order valence-corrected chi connectivity index (χ2v) is 4.13.